The Balaban J connectivity index is 2.13. The average molecular weight is 440 g/mol. The molecule has 2 aromatic rings. The summed E-state index contributed by atoms with van der Waals surface area (Å²) in [4.78, 5) is 38.3. The van der Waals surface area contributed by atoms with Gasteiger partial charge in [-0.15, -0.1) is 0 Å². The van der Waals surface area contributed by atoms with Crippen molar-refractivity contribution >= 4 is 18.2 Å². The largest absolute Gasteiger partial charge is 0.493 e. The number of carbonyl (C=O) groups excluding carboxylic acids is 3. The van der Waals surface area contributed by atoms with Crippen molar-refractivity contribution in [2.75, 3.05) is 13.7 Å². The van der Waals surface area contributed by atoms with Crippen molar-refractivity contribution in [3.05, 3.63) is 59.2 Å². The van der Waals surface area contributed by atoms with E-state index < -0.39 is 29.9 Å². The fourth-order valence-electron chi connectivity index (χ4n) is 3.99. The third kappa shape index (κ3) is 4.24. The van der Waals surface area contributed by atoms with Crippen LogP contribution in [0.25, 0.3) is 0 Å². The van der Waals surface area contributed by atoms with Crippen molar-refractivity contribution in [1.29, 1.82) is 0 Å². The molecule has 3 unspecified atom stereocenters. The molecule has 0 spiro atoms. The van der Waals surface area contributed by atoms with E-state index in [0.717, 1.165) is 0 Å². The van der Waals surface area contributed by atoms with Crippen LogP contribution in [-0.2, 0) is 9.59 Å². The van der Waals surface area contributed by atoms with Gasteiger partial charge in [0.25, 0.3) is 5.91 Å². The fraction of sp³-hybridized carbons (Fsp3) is 0.348. The Bertz CT molecular complexity index is 1010. The molecular formula is C23H26N3O6. The molecule has 3 amide bonds. The molecule has 0 saturated carbocycles. The van der Waals surface area contributed by atoms with Crippen molar-refractivity contribution < 1.29 is 29.1 Å². The normalized spacial score (nSPS) is 16.8. The maximum absolute atomic E-state index is 13.4. The summed E-state index contributed by atoms with van der Waals surface area (Å²) in [5.41, 5.74) is 7.08. The van der Waals surface area contributed by atoms with E-state index in [-0.39, 0.29) is 12.0 Å². The van der Waals surface area contributed by atoms with Crippen LogP contribution in [0.3, 0.4) is 0 Å². The molecule has 0 bridgehead atoms. The van der Waals surface area contributed by atoms with Crippen molar-refractivity contribution in [1.82, 2.24) is 9.96 Å². The number of ether oxygens (including phenoxy) is 2. The minimum atomic E-state index is -1.02. The first-order chi connectivity index (χ1) is 15.3. The number of primary amides is 1. The van der Waals surface area contributed by atoms with Crippen molar-refractivity contribution in [3.8, 4) is 11.5 Å². The van der Waals surface area contributed by atoms with E-state index in [1.807, 2.05) is 6.92 Å². The van der Waals surface area contributed by atoms with E-state index >= 15 is 0 Å². The van der Waals surface area contributed by atoms with Crippen LogP contribution in [0.2, 0.25) is 0 Å². The summed E-state index contributed by atoms with van der Waals surface area (Å²) in [6.45, 7) is 3.86. The SMILES string of the molecule is CCOc1cc(C(CC(C)N(O)C=O)N2C(=O)c3[c]cccc3C2C(N)=O)ccc1OC. The number of hydroxylamine groups is 2. The molecule has 0 aromatic heterocycles. The topological polar surface area (TPSA) is 122 Å². The lowest BCUT2D eigenvalue weighted by molar-refractivity contribution is -0.160. The number of methoxy groups -OCH3 is 1. The van der Waals surface area contributed by atoms with Crippen LogP contribution in [0.5, 0.6) is 11.5 Å². The third-order valence-corrected chi connectivity index (χ3v) is 5.51. The smallest absolute Gasteiger partial charge is 0.256 e. The number of nitrogens with two attached hydrogens (primary N) is 1. The summed E-state index contributed by atoms with van der Waals surface area (Å²) in [5, 5.41) is 10.4. The summed E-state index contributed by atoms with van der Waals surface area (Å²) in [6.07, 6.45) is 0.428. The number of fused-ring (bicyclic) bond motifs is 1. The molecule has 0 aliphatic carbocycles. The predicted molar refractivity (Wildman–Crippen MR) is 114 cm³/mol. The van der Waals surface area contributed by atoms with Crippen LogP contribution in [-0.4, -0.2) is 53.2 Å². The van der Waals surface area contributed by atoms with E-state index in [4.69, 9.17) is 15.2 Å². The van der Waals surface area contributed by atoms with Crippen molar-refractivity contribution in [2.24, 2.45) is 5.73 Å². The highest BCUT2D eigenvalue weighted by Gasteiger charge is 2.44. The lowest BCUT2D eigenvalue weighted by Crippen LogP contribution is -2.41. The van der Waals surface area contributed by atoms with E-state index in [0.29, 0.717) is 40.7 Å². The van der Waals surface area contributed by atoms with Gasteiger partial charge in [0.15, 0.2) is 11.5 Å². The Morgan fingerprint density at radius 2 is 2.12 bits per heavy atom. The zero-order valence-electron chi connectivity index (χ0n) is 18.1. The Morgan fingerprint density at radius 1 is 1.38 bits per heavy atom. The highest BCUT2D eigenvalue weighted by atomic mass is 16.5. The molecular weight excluding hydrogens is 414 g/mol. The first-order valence-corrected chi connectivity index (χ1v) is 10.2. The molecule has 0 fully saturated rings. The van der Waals surface area contributed by atoms with Gasteiger partial charge >= 0.3 is 0 Å². The van der Waals surface area contributed by atoms with Gasteiger partial charge in [0.2, 0.25) is 12.3 Å². The second-order valence-electron chi connectivity index (χ2n) is 7.45. The summed E-state index contributed by atoms with van der Waals surface area (Å²) < 4.78 is 11.0. The fourth-order valence-corrected chi connectivity index (χ4v) is 3.99. The molecule has 1 aliphatic heterocycles. The molecule has 3 atom stereocenters. The Labute approximate surface area is 186 Å². The Morgan fingerprint density at radius 3 is 2.75 bits per heavy atom. The van der Waals surface area contributed by atoms with Crippen LogP contribution in [0, 0.1) is 6.07 Å². The quantitative estimate of drug-likeness (QED) is 0.332. The second-order valence-corrected chi connectivity index (χ2v) is 7.45. The van der Waals surface area contributed by atoms with Crippen LogP contribution in [0.15, 0.2) is 36.4 Å². The van der Waals surface area contributed by atoms with Gasteiger partial charge in [-0.3, -0.25) is 19.6 Å². The van der Waals surface area contributed by atoms with Gasteiger partial charge in [-0.2, -0.15) is 0 Å². The Hall–Kier alpha value is -3.59. The molecule has 1 heterocycles. The summed E-state index contributed by atoms with van der Waals surface area (Å²) in [5.74, 6) is -0.127. The summed E-state index contributed by atoms with van der Waals surface area (Å²) in [6, 6.07) is 10.6. The molecule has 0 saturated heterocycles. The lowest BCUT2D eigenvalue weighted by atomic mass is 9.96. The molecule has 3 N–H and O–H groups in total. The lowest BCUT2D eigenvalue weighted by Gasteiger charge is -2.35. The number of amides is 3. The number of carbonyl (C=O) groups is 3. The second kappa shape index (κ2) is 9.69. The molecule has 3 rings (SSSR count). The molecule has 1 radical (unpaired) electrons. The molecule has 1 aliphatic rings. The van der Waals surface area contributed by atoms with Gasteiger partial charge in [0.05, 0.1) is 31.4 Å². The zero-order valence-corrected chi connectivity index (χ0v) is 18.1. The van der Waals surface area contributed by atoms with Crippen LogP contribution >= 0.6 is 0 Å². The highest BCUT2D eigenvalue weighted by Crippen LogP contribution is 2.43. The van der Waals surface area contributed by atoms with Gasteiger partial charge in [-0.1, -0.05) is 24.3 Å². The first-order valence-electron chi connectivity index (χ1n) is 10.2. The van der Waals surface area contributed by atoms with Crippen LogP contribution < -0.4 is 15.2 Å². The molecule has 9 nitrogen and oxygen atoms in total. The molecule has 169 valence electrons. The van der Waals surface area contributed by atoms with Gasteiger partial charge in [0.1, 0.15) is 6.04 Å². The van der Waals surface area contributed by atoms with Crippen LogP contribution in [0.1, 0.15) is 53.8 Å². The van der Waals surface area contributed by atoms with Crippen LogP contribution in [0.4, 0.5) is 0 Å². The maximum Gasteiger partial charge on any atom is 0.256 e. The Kier molecular flexibility index (Phi) is 6.99. The maximum atomic E-state index is 13.4. The van der Waals surface area contributed by atoms with Gasteiger partial charge in [-0.25, -0.2) is 5.06 Å². The summed E-state index contributed by atoms with van der Waals surface area (Å²) in [7, 11) is 1.52. The minimum Gasteiger partial charge on any atom is -0.493 e. The number of rotatable bonds is 10. The number of hydrogen-bond donors (Lipinski definition) is 2. The monoisotopic (exact) mass is 440 g/mol. The van der Waals surface area contributed by atoms with Crippen molar-refractivity contribution in [3.63, 3.8) is 0 Å². The highest BCUT2D eigenvalue weighted by molar-refractivity contribution is 6.04. The molecule has 32 heavy (non-hydrogen) atoms. The van der Waals surface area contributed by atoms with E-state index in [1.54, 1.807) is 43.3 Å². The van der Waals surface area contributed by atoms with Gasteiger partial charge < -0.3 is 20.1 Å². The number of benzene rings is 2. The van der Waals surface area contributed by atoms with E-state index in [9.17, 15) is 19.6 Å². The van der Waals surface area contributed by atoms with Crippen molar-refractivity contribution in [2.45, 2.75) is 38.4 Å². The minimum absolute atomic E-state index is 0.136. The first kappa shape index (κ1) is 23.1. The molecule has 2 aromatic carbocycles. The number of hydrogen-bond acceptors (Lipinski definition) is 6. The molecule has 9 heteroatoms. The average Bonchev–Trinajstić information content (AvgIpc) is 3.09. The van der Waals surface area contributed by atoms with Gasteiger partial charge in [-0.05, 0) is 49.6 Å². The van der Waals surface area contributed by atoms with E-state index in [2.05, 4.69) is 6.07 Å². The number of nitrogens with zero attached hydrogens (tertiary/aromatic N) is 2. The third-order valence-electron chi connectivity index (χ3n) is 5.51. The predicted octanol–water partition coefficient (Wildman–Crippen LogP) is 2.24. The standard InChI is InChI=1S/C23H26N3O6/c1-4-32-20-12-15(9-10-19(20)31-3)18(11-14(2)25(30)13-27)26-21(22(24)28)16-7-5-6-8-17(16)23(26)29/h5-7,9-10,12-14,18,21,30H,4,11H2,1-3H3,(H2,24,28). The van der Waals surface area contributed by atoms with E-state index in [1.165, 1.54) is 12.0 Å². The summed E-state index contributed by atoms with van der Waals surface area (Å²) >= 11 is 0. The zero-order chi connectivity index (χ0) is 23.4. The van der Waals surface area contributed by atoms with Gasteiger partial charge in [0, 0.05) is 0 Å².